The van der Waals surface area contributed by atoms with E-state index in [0.717, 1.165) is 49.4 Å². The first-order valence-corrected chi connectivity index (χ1v) is 11.0. The van der Waals surface area contributed by atoms with Crippen LogP contribution in [0.1, 0.15) is 36.0 Å². The number of hydrogen-bond donors (Lipinski definition) is 2. The van der Waals surface area contributed by atoms with E-state index >= 15 is 0 Å². The lowest BCUT2D eigenvalue weighted by Crippen LogP contribution is -2.37. The fraction of sp³-hybridized carbons (Fsp3) is 0.391. The van der Waals surface area contributed by atoms with Crippen LogP contribution in [0.5, 0.6) is 0 Å². The molecule has 1 aliphatic rings. The van der Waals surface area contributed by atoms with E-state index in [2.05, 4.69) is 39.9 Å². The molecular formula is C23H28Cl2N4O. The third kappa shape index (κ3) is 6.64. The molecule has 0 spiro atoms. The largest absolute Gasteiger partial charge is 0.356 e. The molecule has 2 aromatic rings. The highest BCUT2D eigenvalue weighted by molar-refractivity contribution is 6.35. The lowest BCUT2D eigenvalue weighted by atomic mass is 10.1. The van der Waals surface area contributed by atoms with E-state index in [4.69, 9.17) is 23.2 Å². The SMILES string of the molecule is CN=C(NCCCc1ccc(Cl)cc1Cl)NCc1ccc(CN2CCCC2=O)cc1. The fourth-order valence-electron chi connectivity index (χ4n) is 3.47. The number of nitrogens with one attached hydrogen (secondary N) is 2. The number of benzene rings is 2. The zero-order chi connectivity index (χ0) is 21.3. The number of guanidine groups is 1. The van der Waals surface area contributed by atoms with Gasteiger partial charge < -0.3 is 15.5 Å². The second-order valence-corrected chi connectivity index (χ2v) is 8.27. The number of amides is 1. The molecule has 0 saturated carbocycles. The van der Waals surface area contributed by atoms with Crippen LogP contribution in [0.2, 0.25) is 10.0 Å². The third-order valence-electron chi connectivity index (χ3n) is 5.18. The van der Waals surface area contributed by atoms with Crippen molar-refractivity contribution >= 4 is 35.1 Å². The molecule has 0 aliphatic carbocycles. The number of rotatable bonds is 8. The van der Waals surface area contributed by atoms with Gasteiger partial charge >= 0.3 is 0 Å². The molecule has 0 aromatic heterocycles. The summed E-state index contributed by atoms with van der Waals surface area (Å²) in [5.74, 6) is 1.03. The van der Waals surface area contributed by atoms with Crippen molar-refractivity contribution in [3.05, 3.63) is 69.2 Å². The molecule has 1 heterocycles. The number of carbonyl (C=O) groups excluding carboxylic acids is 1. The van der Waals surface area contributed by atoms with Gasteiger partial charge in [0.2, 0.25) is 5.91 Å². The molecule has 0 bridgehead atoms. The van der Waals surface area contributed by atoms with Gasteiger partial charge in [-0.1, -0.05) is 53.5 Å². The fourth-order valence-corrected chi connectivity index (χ4v) is 3.97. The summed E-state index contributed by atoms with van der Waals surface area (Å²) >= 11 is 12.2. The molecule has 5 nitrogen and oxygen atoms in total. The molecule has 160 valence electrons. The quantitative estimate of drug-likeness (QED) is 0.358. The molecule has 0 radical (unpaired) electrons. The van der Waals surface area contributed by atoms with Crippen molar-refractivity contribution in [1.82, 2.24) is 15.5 Å². The second kappa shape index (κ2) is 11.2. The topological polar surface area (TPSA) is 56.7 Å². The van der Waals surface area contributed by atoms with Crippen LogP contribution in [0.3, 0.4) is 0 Å². The highest BCUT2D eigenvalue weighted by Gasteiger charge is 2.19. The van der Waals surface area contributed by atoms with Gasteiger partial charge in [-0.05, 0) is 48.1 Å². The normalized spacial score (nSPS) is 14.3. The van der Waals surface area contributed by atoms with E-state index in [1.807, 2.05) is 17.0 Å². The van der Waals surface area contributed by atoms with Crippen LogP contribution in [-0.2, 0) is 24.3 Å². The van der Waals surface area contributed by atoms with Gasteiger partial charge in [-0.2, -0.15) is 0 Å². The zero-order valence-corrected chi connectivity index (χ0v) is 18.8. The lowest BCUT2D eigenvalue weighted by Gasteiger charge is -2.16. The number of nitrogens with zero attached hydrogens (tertiary/aromatic N) is 2. The van der Waals surface area contributed by atoms with Crippen molar-refractivity contribution in [2.24, 2.45) is 4.99 Å². The standard InChI is InChI=1S/C23H28Cl2N4O/c1-26-23(27-12-2-4-19-10-11-20(24)14-21(19)25)28-15-17-6-8-18(9-7-17)16-29-13-3-5-22(29)30/h6-11,14H,2-5,12-13,15-16H2,1H3,(H2,26,27,28). The van der Waals surface area contributed by atoms with E-state index in [0.29, 0.717) is 29.6 Å². The average Bonchev–Trinajstić information content (AvgIpc) is 3.14. The van der Waals surface area contributed by atoms with Crippen LogP contribution < -0.4 is 10.6 Å². The maximum atomic E-state index is 11.8. The molecule has 7 heteroatoms. The van der Waals surface area contributed by atoms with E-state index < -0.39 is 0 Å². The van der Waals surface area contributed by atoms with Crippen molar-refractivity contribution in [2.75, 3.05) is 20.1 Å². The molecule has 1 aliphatic heterocycles. The Kier molecular flexibility index (Phi) is 8.40. The number of aliphatic imine (C=N–C) groups is 1. The van der Waals surface area contributed by atoms with E-state index in [9.17, 15) is 4.79 Å². The Bertz CT molecular complexity index is 883. The average molecular weight is 447 g/mol. The van der Waals surface area contributed by atoms with Gasteiger partial charge in [-0.15, -0.1) is 0 Å². The summed E-state index contributed by atoms with van der Waals surface area (Å²) in [5.41, 5.74) is 3.43. The van der Waals surface area contributed by atoms with Crippen LogP contribution in [-0.4, -0.2) is 36.9 Å². The first-order valence-electron chi connectivity index (χ1n) is 10.3. The second-order valence-electron chi connectivity index (χ2n) is 7.43. The van der Waals surface area contributed by atoms with E-state index in [1.165, 1.54) is 5.56 Å². The van der Waals surface area contributed by atoms with Gasteiger partial charge in [0.25, 0.3) is 0 Å². The van der Waals surface area contributed by atoms with Crippen molar-refractivity contribution in [3.8, 4) is 0 Å². The highest BCUT2D eigenvalue weighted by atomic mass is 35.5. The Balaban J connectivity index is 1.39. The summed E-state index contributed by atoms with van der Waals surface area (Å²) in [6.07, 6.45) is 3.47. The number of halogens is 2. The molecule has 3 rings (SSSR count). The Morgan fingerprint density at radius 1 is 1.10 bits per heavy atom. The van der Waals surface area contributed by atoms with E-state index in [1.54, 1.807) is 13.1 Å². The Morgan fingerprint density at radius 3 is 2.53 bits per heavy atom. The minimum absolute atomic E-state index is 0.258. The number of carbonyl (C=O) groups is 1. The molecule has 1 fully saturated rings. The zero-order valence-electron chi connectivity index (χ0n) is 17.3. The summed E-state index contributed by atoms with van der Waals surface area (Å²) in [5, 5.41) is 8.03. The first-order chi connectivity index (χ1) is 14.5. The Labute approximate surface area is 188 Å². The molecule has 0 unspecified atom stereocenters. The van der Waals surface area contributed by atoms with Gasteiger partial charge in [0.05, 0.1) is 0 Å². The first kappa shape index (κ1) is 22.4. The Hall–Kier alpha value is -2.24. The predicted octanol–water partition coefficient (Wildman–Crippen LogP) is 4.41. The van der Waals surface area contributed by atoms with Crippen LogP contribution in [0, 0.1) is 0 Å². The van der Waals surface area contributed by atoms with Crippen LogP contribution >= 0.6 is 23.2 Å². The van der Waals surface area contributed by atoms with Crippen molar-refractivity contribution in [3.63, 3.8) is 0 Å². The van der Waals surface area contributed by atoms with E-state index in [-0.39, 0.29) is 5.91 Å². The summed E-state index contributed by atoms with van der Waals surface area (Å²) in [7, 11) is 1.77. The number of likely N-dealkylation sites (tertiary alicyclic amines) is 1. The van der Waals surface area contributed by atoms with Crippen LogP contribution in [0.4, 0.5) is 0 Å². The monoisotopic (exact) mass is 446 g/mol. The van der Waals surface area contributed by atoms with Gasteiger partial charge in [0.15, 0.2) is 5.96 Å². The van der Waals surface area contributed by atoms with Gasteiger partial charge in [0.1, 0.15) is 0 Å². The number of hydrogen-bond acceptors (Lipinski definition) is 2. The molecule has 30 heavy (non-hydrogen) atoms. The molecule has 1 saturated heterocycles. The maximum Gasteiger partial charge on any atom is 0.222 e. The summed E-state index contributed by atoms with van der Waals surface area (Å²) in [6.45, 7) is 3.05. The van der Waals surface area contributed by atoms with Crippen molar-refractivity contribution in [1.29, 1.82) is 0 Å². The molecule has 2 aromatic carbocycles. The van der Waals surface area contributed by atoms with Crippen LogP contribution in [0.25, 0.3) is 0 Å². The molecule has 0 atom stereocenters. The van der Waals surface area contributed by atoms with Gasteiger partial charge in [-0.25, -0.2) is 0 Å². The molecular weight excluding hydrogens is 419 g/mol. The summed E-state index contributed by atoms with van der Waals surface area (Å²) in [4.78, 5) is 18.0. The van der Waals surface area contributed by atoms with Gasteiger partial charge in [0, 0.05) is 49.7 Å². The summed E-state index contributed by atoms with van der Waals surface area (Å²) < 4.78 is 0. The molecule has 1 amide bonds. The summed E-state index contributed by atoms with van der Waals surface area (Å²) in [6, 6.07) is 14.0. The van der Waals surface area contributed by atoms with Crippen molar-refractivity contribution in [2.45, 2.75) is 38.8 Å². The third-order valence-corrected chi connectivity index (χ3v) is 5.77. The smallest absolute Gasteiger partial charge is 0.222 e. The predicted molar refractivity (Wildman–Crippen MR) is 124 cm³/mol. The van der Waals surface area contributed by atoms with Gasteiger partial charge in [-0.3, -0.25) is 9.79 Å². The lowest BCUT2D eigenvalue weighted by molar-refractivity contribution is -0.128. The van der Waals surface area contributed by atoms with Crippen molar-refractivity contribution < 1.29 is 4.79 Å². The Morgan fingerprint density at radius 2 is 1.87 bits per heavy atom. The maximum absolute atomic E-state index is 11.8. The highest BCUT2D eigenvalue weighted by Crippen LogP contribution is 2.21. The minimum atomic E-state index is 0.258. The molecule has 2 N–H and O–H groups in total. The minimum Gasteiger partial charge on any atom is -0.356 e. The van der Waals surface area contributed by atoms with Crippen LogP contribution in [0.15, 0.2) is 47.5 Å². The number of aryl methyl sites for hydroxylation is 1.